The van der Waals surface area contributed by atoms with Crippen LogP contribution in [0.4, 0.5) is 10.1 Å². The Morgan fingerprint density at radius 1 is 1.09 bits per heavy atom. The lowest BCUT2D eigenvalue weighted by Gasteiger charge is -2.39. The van der Waals surface area contributed by atoms with Crippen molar-refractivity contribution in [2.45, 2.75) is 12.5 Å². The number of amides is 1. The summed E-state index contributed by atoms with van der Waals surface area (Å²) in [4.78, 5) is 16.8. The number of rotatable bonds is 1. The minimum atomic E-state index is -0.363. The first-order valence-corrected chi connectivity index (χ1v) is 7.62. The fraction of sp³-hybridized carbons (Fsp3) is 0.278. The van der Waals surface area contributed by atoms with E-state index < -0.39 is 0 Å². The maximum absolute atomic E-state index is 13.3. The third-order valence-electron chi connectivity index (χ3n) is 4.60. The van der Waals surface area contributed by atoms with Crippen LogP contribution in [0, 0.1) is 5.82 Å². The van der Waals surface area contributed by atoms with Crippen LogP contribution in [-0.4, -0.2) is 36.5 Å². The van der Waals surface area contributed by atoms with Crippen molar-refractivity contribution in [2.24, 2.45) is 0 Å². The maximum Gasteiger partial charge on any atom is 0.254 e. The minimum absolute atomic E-state index is 0.0740. The molecule has 112 valence electrons. The van der Waals surface area contributed by atoms with Gasteiger partial charge in [-0.25, -0.2) is 4.39 Å². The molecular formula is C18H17FN2O. The summed E-state index contributed by atoms with van der Waals surface area (Å²) in [5.41, 5.74) is 3.09. The van der Waals surface area contributed by atoms with Gasteiger partial charge in [-0.05, 0) is 36.2 Å². The average molecular weight is 296 g/mol. The van der Waals surface area contributed by atoms with Gasteiger partial charge in [-0.1, -0.05) is 24.3 Å². The highest BCUT2D eigenvalue weighted by atomic mass is 19.1. The maximum atomic E-state index is 13.3. The molecule has 1 unspecified atom stereocenters. The van der Waals surface area contributed by atoms with Gasteiger partial charge in [0.15, 0.2) is 0 Å². The van der Waals surface area contributed by atoms with E-state index in [2.05, 4.69) is 29.2 Å². The van der Waals surface area contributed by atoms with Crippen molar-refractivity contribution >= 4 is 11.6 Å². The standard InChI is InChI=1S/C18H17FN2O/c19-15-6-3-5-14(10-15)18(22)20-8-9-21-16(12-20)11-13-4-1-2-7-17(13)21/h1-7,10,16H,8-9,11-12H2. The Labute approximate surface area is 129 Å². The number of halogens is 1. The molecule has 2 aromatic carbocycles. The first-order chi connectivity index (χ1) is 10.7. The average Bonchev–Trinajstić information content (AvgIpc) is 2.91. The molecule has 1 saturated heterocycles. The van der Waals surface area contributed by atoms with E-state index in [1.54, 1.807) is 12.1 Å². The van der Waals surface area contributed by atoms with Gasteiger partial charge in [-0.2, -0.15) is 0 Å². The normalized spacial score (nSPS) is 19.8. The molecular weight excluding hydrogens is 279 g/mol. The van der Waals surface area contributed by atoms with Gasteiger partial charge < -0.3 is 9.80 Å². The van der Waals surface area contributed by atoms with Crippen molar-refractivity contribution in [3.63, 3.8) is 0 Å². The Morgan fingerprint density at radius 2 is 1.95 bits per heavy atom. The second-order valence-corrected chi connectivity index (χ2v) is 5.94. The van der Waals surface area contributed by atoms with Crippen molar-refractivity contribution < 1.29 is 9.18 Å². The molecule has 1 fully saturated rings. The van der Waals surface area contributed by atoms with Crippen LogP contribution in [0.1, 0.15) is 15.9 Å². The number of piperazine rings is 1. The van der Waals surface area contributed by atoms with Crippen molar-refractivity contribution in [1.82, 2.24) is 4.90 Å². The van der Waals surface area contributed by atoms with E-state index in [1.807, 2.05) is 4.90 Å². The largest absolute Gasteiger partial charge is 0.364 e. The topological polar surface area (TPSA) is 23.6 Å². The van der Waals surface area contributed by atoms with Crippen LogP contribution in [-0.2, 0) is 6.42 Å². The SMILES string of the molecule is O=C(c1cccc(F)c1)N1CCN2c3ccccc3CC2C1. The second kappa shape index (κ2) is 5.13. The number of carbonyl (C=O) groups is 1. The van der Waals surface area contributed by atoms with Gasteiger partial charge in [0.2, 0.25) is 0 Å². The molecule has 0 aromatic heterocycles. The zero-order valence-electron chi connectivity index (χ0n) is 12.2. The molecule has 0 N–H and O–H groups in total. The molecule has 2 aliphatic heterocycles. The summed E-state index contributed by atoms with van der Waals surface area (Å²) in [6.45, 7) is 2.22. The highest BCUT2D eigenvalue weighted by Crippen LogP contribution is 2.34. The van der Waals surface area contributed by atoms with Crippen LogP contribution in [0.5, 0.6) is 0 Å². The molecule has 4 rings (SSSR count). The number of fused-ring (bicyclic) bond motifs is 3. The van der Waals surface area contributed by atoms with Crippen LogP contribution >= 0.6 is 0 Å². The molecule has 3 nitrogen and oxygen atoms in total. The smallest absolute Gasteiger partial charge is 0.254 e. The Morgan fingerprint density at radius 3 is 2.82 bits per heavy atom. The van der Waals surface area contributed by atoms with Crippen LogP contribution in [0.3, 0.4) is 0 Å². The van der Waals surface area contributed by atoms with E-state index in [-0.39, 0.29) is 11.7 Å². The van der Waals surface area contributed by atoms with Crippen molar-refractivity contribution in [2.75, 3.05) is 24.5 Å². The van der Waals surface area contributed by atoms with Gasteiger partial charge in [0.1, 0.15) is 5.82 Å². The third-order valence-corrected chi connectivity index (χ3v) is 4.60. The number of nitrogens with zero attached hydrogens (tertiary/aromatic N) is 2. The fourth-order valence-electron chi connectivity index (χ4n) is 3.55. The number of anilines is 1. The van der Waals surface area contributed by atoms with E-state index >= 15 is 0 Å². The Hall–Kier alpha value is -2.36. The number of benzene rings is 2. The summed E-state index contributed by atoms with van der Waals surface area (Å²) in [6.07, 6.45) is 0.975. The van der Waals surface area contributed by atoms with E-state index in [0.29, 0.717) is 24.7 Å². The monoisotopic (exact) mass is 296 g/mol. The molecule has 2 aromatic rings. The van der Waals surface area contributed by atoms with Gasteiger partial charge in [0.05, 0.1) is 6.04 Å². The van der Waals surface area contributed by atoms with Crippen molar-refractivity contribution in [1.29, 1.82) is 0 Å². The number of carbonyl (C=O) groups excluding carboxylic acids is 1. The van der Waals surface area contributed by atoms with Crippen molar-refractivity contribution in [3.05, 3.63) is 65.5 Å². The first-order valence-electron chi connectivity index (χ1n) is 7.62. The lowest BCUT2D eigenvalue weighted by Crippen LogP contribution is -2.53. The van der Waals surface area contributed by atoms with Gasteiger partial charge in [-0.15, -0.1) is 0 Å². The molecule has 4 heteroatoms. The van der Waals surface area contributed by atoms with Gasteiger partial charge in [0.25, 0.3) is 5.91 Å². The van der Waals surface area contributed by atoms with Crippen LogP contribution in [0.25, 0.3) is 0 Å². The second-order valence-electron chi connectivity index (χ2n) is 5.94. The number of hydrogen-bond acceptors (Lipinski definition) is 2. The zero-order valence-corrected chi connectivity index (χ0v) is 12.2. The molecule has 1 amide bonds. The highest BCUT2D eigenvalue weighted by molar-refractivity contribution is 5.94. The number of hydrogen-bond donors (Lipinski definition) is 0. The summed E-state index contributed by atoms with van der Waals surface area (Å²) >= 11 is 0. The summed E-state index contributed by atoms with van der Waals surface area (Å²) in [6, 6.07) is 14.7. The lowest BCUT2D eigenvalue weighted by molar-refractivity contribution is 0.0725. The lowest BCUT2D eigenvalue weighted by atomic mass is 10.1. The van der Waals surface area contributed by atoms with Crippen LogP contribution in [0.15, 0.2) is 48.5 Å². The molecule has 0 radical (unpaired) electrons. The van der Waals surface area contributed by atoms with Gasteiger partial charge in [0, 0.05) is 30.9 Å². The molecule has 0 aliphatic carbocycles. The molecule has 1 atom stereocenters. The molecule has 0 bridgehead atoms. The van der Waals surface area contributed by atoms with E-state index in [9.17, 15) is 9.18 Å². The highest BCUT2D eigenvalue weighted by Gasteiger charge is 2.35. The fourth-order valence-corrected chi connectivity index (χ4v) is 3.55. The predicted octanol–water partition coefficient (Wildman–Crippen LogP) is 2.71. The van der Waals surface area contributed by atoms with Gasteiger partial charge in [-0.3, -0.25) is 4.79 Å². The Bertz CT molecular complexity index is 731. The predicted molar refractivity (Wildman–Crippen MR) is 83.6 cm³/mol. The molecule has 2 aliphatic rings. The zero-order chi connectivity index (χ0) is 15.1. The summed E-state index contributed by atoms with van der Waals surface area (Å²) in [5, 5.41) is 0. The molecule has 22 heavy (non-hydrogen) atoms. The molecule has 0 spiro atoms. The van der Waals surface area contributed by atoms with E-state index in [4.69, 9.17) is 0 Å². The Kier molecular flexibility index (Phi) is 3.10. The van der Waals surface area contributed by atoms with E-state index in [1.165, 1.54) is 23.4 Å². The summed E-state index contributed by atoms with van der Waals surface area (Å²) in [5.74, 6) is -0.437. The summed E-state index contributed by atoms with van der Waals surface area (Å²) < 4.78 is 13.3. The minimum Gasteiger partial charge on any atom is -0.364 e. The quantitative estimate of drug-likeness (QED) is 0.808. The van der Waals surface area contributed by atoms with Crippen molar-refractivity contribution in [3.8, 4) is 0 Å². The Balaban J connectivity index is 1.53. The third kappa shape index (κ3) is 2.15. The van der Waals surface area contributed by atoms with Crippen LogP contribution in [0.2, 0.25) is 0 Å². The molecule has 0 saturated carbocycles. The number of para-hydroxylation sites is 1. The molecule has 2 heterocycles. The first kappa shape index (κ1) is 13.3. The van der Waals surface area contributed by atoms with E-state index in [0.717, 1.165) is 13.0 Å². The van der Waals surface area contributed by atoms with Crippen LogP contribution < -0.4 is 4.90 Å². The summed E-state index contributed by atoms with van der Waals surface area (Å²) in [7, 11) is 0. The van der Waals surface area contributed by atoms with Gasteiger partial charge >= 0.3 is 0 Å².